The summed E-state index contributed by atoms with van der Waals surface area (Å²) in [6.07, 6.45) is 0. The van der Waals surface area contributed by atoms with E-state index in [0.717, 1.165) is 50.8 Å². The first-order valence-electron chi connectivity index (χ1n) is 19.6. The van der Waals surface area contributed by atoms with Crippen molar-refractivity contribution in [2.75, 3.05) is 4.90 Å². The average Bonchev–Trinajstić information content (AvgIpc) is 3.58. The summed E-state index contributed by atoms with van der Waals surface area (Å²) >= 11 is 0. The second kappa shape index (κ2) is 13.4. The van der Waals surface area contributed by atoms with Crippen LogP contribution in [0, 0.1) is 0 Å². The quantitative estimate of drug-likeness (QED) is 0.169. The highest BCUT2D eigenvalue weighted by atomic mass is 16.5. The number of anilines is 3. The van der Waals surface area contributed by atoms with Crippen molar-refractivity contribution in [3.63, 3.8) is 0 Å². The number of benzene rings is 9. The van der Waals surface area contributed by atoms with Crippen LogP contribution in [-0.2, 0) is 5.41 Å². The fourth-order valence-corrected chi connectivity index (χ4v) is 9.15. The topological polar surface area (TPSA) is 12.5 Å². The van der Waals surface area contributed by atoms with Gasteiger partial charge in [-0.2, -0.15) is 0 Å². The maximum absolute atomic E-state index is 6.93. The number of nitrogens with zero attached hydrogens (tertiary/aromatic N) is 1. The molecule has 268 valence electrons. The van der Waals surface area contributed by atoms with E-state index < -0.39 is 5.41 Å². The third-order valence-electron chi connectivity index (χ3n) is 11.7. The molecule has 9 aromatic carbocycles. The molecule has 1 spiro atoms. The molecule has 0 atom stereocenters. The zero-order chi connectivity index (χ0) is 37.8. The van der Waals surface area contributed by atoms with Crippen molar-refractivity contribution in [2.24, 2.45) is 0 Å². The second-order valence-electron chi connectivity index (χ2n) is 14.9. The Morgan fingerprint density at radius 2 is 0.702 bits per heavy atom. The van der Waals surface area contributed by atoms with Gasteiger partial charge < -0.3 is 9.64 Å². The van der Waals surface area contributed by atoms with Crippen molar-refractivity contribution in [1.29, 1.82) is 0 Å². The van der Waals surface area contributed by atoms with Gasteiger partial charge in [0.1, 0.15) is 11.5 Å². The first kappa shape index (κ1) is 33.0. The van der Waals surface area contributed by atoms with E-state index in [-0.39, 0.29) is 0 Å². The molecule has 0 aromatic heterocycles. The number of para-hydroxylation sites is 1. The number of hydrogen-bond donors (Lipinski definition) is 0. The van der Waals surface area contributed by atoms with Gasteiger partial charge in [0.05, 0.1) is 5.41 Å². The van der Waals surface area contributed by atoms with Crippen LogP contribution in [0.2, 0.25) is 0 Å². The van der Waals surface area contributed by atoms with Crippen molar-refractivity contribution in [3.8, 4) is 56.0 Å². The minimum absolute atomic E-state index is 0.667. The molecular weight excluding hydrogens is 691 g/mol. The van der Waals surface area contributed by atoms with E-state index >= 15 is 0 Å². The second-order valence-corrected chi connectivity index (χ2v) is 14.9. The average molecular weight is 728 g/mol. The van der Waals surface area contributed by atoms with E-state index in [1.54, 1.807) is 0 Å². The molecule has 2 nitrogen and oxygen atoms in total. The standard InChI is InChI=1S/C55H37NO/c1-5-15-38(16-6-1)41-25-29-45(30-26-41)56(44-21-11-4-12-22-44)46-31-32-48-47-23-13-14-24-49(47)55(50(48)37-46)51-35-42(39-17-7-2-8-18-39)27-33-53(51)57-54-34-28-43(36-52(54)55)40-19-9-3-10-20-40/h1-37H. The number of fused-ring (bicyclic) bond motifs is 9. The van der Waals surface area contributed by atoms with Gasteiger partial charge in [0.2, 0.25) is 0 Å². The summed E-state index contributed by atoms with van der Waals surface area (Å²) in [4.78, 5) is 2.38. The van der Waals surface area contributed by atoms with Gasteiger partial charge in [0.25, 0.3) is 0 Å². The summed E-state index contributed by atoms with van der Waals surface area (Å²) in [7, 11) is 0. The molecule has 0 saturated carbocycles. The highest BCUT2D eigenvalue weighted by Gasteiger charge is 2.51. The minimum Gasteiger partial charge on any atom is -0.457 e. The Morgan fingerprint density at radius 3 is 1.28 bits per heavy atom. The van der Waals surface area contributed by atoms with E-state index in [4.69, 9.17) is 4.74 Å². The van der Waals surface area contributed by atoms with Crippen LogP contribution in [0.5, 0.6) is 11.5 Å². The Labute approximate surface area is 333 Å². The van der Waals surface area contributed by atoms with Gasteiger partial charge in [-0.1, -0.05) is 164 Å². The molecule has 57 heavy (non-hydrogen) atoms. The van der Waals surface area contributed by atoms with Crippen LogP contribution in [0.1, 0.15) is 22.3 Å². The van der Waals surface area contributed by atoms with Crippen LogP contribution in [0.15, 0.2) is 224 Å². The van der Waals surface area contributed by atoms with E-state index in [9.17, 15) is 0 Å². The zero-order valence-corrected chi connectivity index (χ0v) is 31.2. The molecule has 0 fully saturated rings. The van der Waals surface area contributed by atoms with Crippen LogP contribution < -0.4 is 9.64 Å². The fraction of sp³-hybridized carbons (Fsp3) is 0.0182. The van der Waals surface area contributed by atoms with E-state index in [2.05, 4.69) is 229 Å². The zero-order valence-electron chi connectivity index (χ0n) is 31.2. The highest BCUT2D eigenvalue weighted by molar-refractivity contribution is 5.92. The van der Waals surface area contributed by atoms with E-state index in [0.29, 0.717) is 0 Å². The Morgan fingerprint density at radius 1 is 0.281 bits per heavy atom. The molecule has 1 aliphatic carbocycles. The van der Waals surface area contributed by atoms with Gasteiger partial charge in [-0.05, 0) is 116 Å². The maximum atomic E-state index is 6.93. The Kier molecular flexibility index (Phi) is 7.75. The SMILES string of the molecule is c1ccc(-c2ccc(N(c3ccccc3)c3ccc4c(c3)C3(c5cc(-c6ccccc6)ccc5Oc5ccc(-c6ccccc6)cc53)c3ccccc3-4)cc2)cc1. The largest absolute Gasteiger partial charge is 0.457 e. The summed E-state index contributed by atoms with van der Waals surface area (Å²) in [6, 6.07) is 81.1. The molecule has 0 saturated heterocycles. The molecule has 0 amide bonds. The molecule has 0 radical (unpaired) electrons. The van der Waals surface area contributed by atoms with Crippen molar-refractivity contribution in [3.05, 3.63) is 247 Å². The van der Waals surface area contributed by atoms with E-state index in [1.165, 1.54) is 44.5 Å². The predicted octanol–water partition coefficient (Wildman–Crippen LogP) is 14.6. The lowest BCUT2D eigenvalue weighted by molar-refractivity contribution is 0.436. The molecule has 0 N–H and O–H groups in total. The molecular formula is C55H37NO. The highest BCUT2D eigenvalue weighted by Crippen LogP contribution is 2.63. The fourth-order valence-electron chi connectivity index (χ4n) is 9.15. The maximum Gasteiger partial charge on any atom is 0.132 e. The smallest absolute Gasteiger partial charge is 0.132 e. The van der Waals surface area contributed by atoms with Crippen LogP contribution in [-0.4, -0.2) is 0 Å². The lowest BCUT2D eigenvalue weighted by atomic mass is 9.65. The molecule has 2 heteroatoms. The first-order valence-corrected chi connectivity index (χ1v) is 19.6. The van der Waals surface area contributed by atoms with Crippen LogP contribution in [0.3, 0.4) is 0 Å². The lowest BCUT2D eigenvalue weighted by Gasteiger charge is -2.40. The van der Waals surface area contributed by atoms with Crippen molar-refractivity contribution in [2.45, 2.75) is 5.41 Å². The Bertz CT molecular complexity index is 2810. The molecule has 9 aromatic rings. The molecule has 0 unspecified atom stereocenters. The van der Waals surface area contributed by atoms with Gasteiger partial charge in [-0.15, -0.1) is 0 Å². The molecule has 1 aliphatic heterocycles. The number of hydrogen-bond acceptors (Lipinski definition) is 2. The van der Waals surface area contributed by atoms with Gasteiger partial charge in [0.15, 0.2) is 0 Å². The van der Waals surface area contributed by atoms with Gasteiger partial charge in [0, 0.05) is 28.2 Å². The minimum atomic E-state index is -0.667. The van der Waals surface area contributed by atoms with Gasteiger partial charge in [-0.25, -0.2) is 0 Å². The summed E-state index contributed by atoms with van der Waals surface area (Å²) in [5, 5.41) is 0. The summed E-state index contributed by atoms with van der Waals surface area (Å²) in [5.74, 6) is 1.75. The van der Waals surface area contributed by atoms with E-state index in [1.807, 2.05) is 0 Å². The van der Waals surface area contributed by atoms with Crippen LogP contribution in [0.25, 0.3) is 44.5 Å². The number of rotatable bonds is 6. The van der Waals surface area contributed by atoms with Crippen molar-refractivity contribution in [1.82, 2.24) is 0 Å². The van der Waals surface area contributed by atoms with Gasteiger partial charge in [-0.3, -0.25) is 0 Å². The summed E-state index contributed by atoms with van der Waals surface area (Å²) in [6.45, 7) is 0. The predicted molar refractivity (Wildman–Crippen MR) is 235 cm³/mol. The summed E-state index contributed by atoms with van der Waals surface area (Å²) < 4.78 is 6.93. The van der Waals surface area contributed by atoms with Crippen LogP contribution in [0.4, 0.5) is 17.1 Å². The monoisotopic (exact) mass is 727 g/mol. The summed E-state index contributed by atoms with van der Waals surface area (Å²) in [5.41, 5.74) is 16.9. The molecule has 2 aliphatic rings. The normalized spacial score (nSPS) is 12.8. The van der Waals surface area contributed by atoms with Gasteiger partial charge >= 0.3 is 0 Å². The number of ether oxygens (including phenoxy) is 1. The Balaban J connectivity index is 1.18. The molecule has 0 bridgehead atoms. The molecule has 11 rings (SSSR count). The lowest BCUT2D eigenvalue weighted by Crippen LogP contribution is -2.32. The molecule has 1 heterocycles. The van der Waals surface area contributed by atoms with Crippen molar-refractivity contribution >= 4 is 17.1 Å². The first-order chi connectivity index (χ1) is 28.3. The third kappa shape index (κ3) is 5.33. The van der Waals surface area contributed by atoms with Crippen LogP contribution >= 0.6 is 0 Å². The third-order valence-corrected chi connectivity index (χ3v) is 11.7. The Hall–Kier alpha value is -7.42. The van der Waals surface area contributed by atoms with Crippen molar-refractivity contribution < 1.29 is 4.74 Å².